The zero-order chi connectivity index (χ0) is 15.4. The Labute approximate surface area is 133 Å². The van der Waals surface area contributed by atoms with E-state index >= 15 is 0 Å². The summed E-state index contributed by atoms with van der Waals surface area (Å²) in [6.07, 6.45) is 2.29. The van der Waals surface area contributed by atoms with E-state index in [1.165, 1.54) is 12.1 Å². The number of hydrogen-bond donors (Lipinski definition) is 0. The third-order valence-corrected chi connectivity index (χ3v) is 4.18. The second-order valence-electron chi connectivity index (χ2n) is 5.21. The van der Waals surface area contributed by atoms with Crippen LogP contribution in [0.25, 0.3) is 0 Å². The lowest BCUT2D eigenvalue weighted by molar-refractivity contribution is 0.575. The van der Waals surface area contributed by atoms with Crippen molar-refractivity contribution in [3.05, 3.63) is 69.2 Å². The quantitative estimate of drug-likeness (QED) is 0.595. The molecule has 0 heterocycles. The highest BCUT2D eigenvalue weighted by Crippen LogP contribution is 2.34. The second-order valence-corrected chi connectivity index (χ2v) is 6.02. The van der Waals surface area contributed by atoms with Gasteiger partial charge in [-0.3, -0.25) is 0 Å². The minimum atomic E-state index is -0.535. The molecule has 0 saturated carbocycles. The third-order valence-electron chi connectivity index (χ3n) is 3.52. The second kappa shape index (κ2) is 7.24. The van der Waals surface area contributed by atoms with Crippen LogP contribution in [-0.4, -0.2) is 0 Å². The van der Waals surface area contributed by atoms with Crippen molar-refractivity contribution >= 4 is 23.2 Å². The topological polar surface area (TPSA) is 0 Å². The summed E-state index contributed by atoms with van der Waals surface area (Å²) in [5.74, 6) is -0.871. The van der Waals surface area contributed by atoms with Crippen LogP contribution in [0.15, 0.2) is 36.4 Å². The summed E-state index contributed by atoms with van der Waals surface area (Å²) < 4.78 is 26.2. The van der Waals surface area contributed by atoms with Crippen molar-refractivity contribution in [1.82, 2.24) is 0 Å². The van der Waals surface area contributed by atoms with Gasteiger partial charge in [-0.15, -0.1) is 0 Å². The van der Waals surface area contributed by atoms with Gasteiger partial charge in [-0.1, -0.05) is 36.2 Å². The monoisotopic (exact) mass is 328 g/mol. The van der Waals surface area contributed by atoms with Crippen LogP contribution >= 0.6 is 23.2 Å². The summed E-state index contributed by atoms with van der Waals surface area (Å²) in [5.41, 5.74) is 1.61. The smallest absolute Gasteiger partial charge is 0.126 e. The standard InChI is InChI=1S/C17H16Cl2F2/c1-11(17-15(18)6-3-7-16(17)19)4-2-5-12-8-13(20)10-14(21)9-12/h3,6-11H,2,4-5H2,1H3. The van der Waals surface area contributed by atoms with Crippen LogP contribution in [0.2, 0.25) is 10.0 Å². The summed E-state index contributed by atoms with van der Waals surface area (Å²) in [5, 5.41) is 1.32. The minimum absolute atomic E-state index is 0.199. The molecule has 0 radical (unpaired) electrons. The fraction of sp³-hybridized carbons (Fsp3) is 0.294. The molecule has 0 spiro atoms. The fourth-order valence-electron chi connectivity index (χ4n) is 2.49. The van der Waals surface area contributed by atoms with Gasteiger partial charge in [0, 0.05) is 16.1 Å². The van der Waals surface area contributed by atoms with Crippen molar-refractivity contribution in [1.29, 1.82) is 0 Å². The van der Waals surface area contributed by atoms with Gasteiger partial charge in [0.1, 0.15) is 11.6 Å². The van der Waals surface area contributed by atoms with Crippen molar-refractivity contribution < 1.29 is 8.78 Å². The first-order chi connectivity index (χ1) is 9.97. The maximum absolute atomic E-state index is 13.1. The van der Waals surface area contributed by atoms with Crippen molar-refractivity contribution in [3.63, 3.8) is 0 Å². The Morgan fingerprint density at radius 1 is 1.00 bits per heavy atom. The summed E-state index contributed by atoms with van der Waals surface area (Å²) in [4.78, 5) is 0. The molecule has 0 aromatic heterocycles. The number of aryl methyl sites for hydroxylation is 1. The number of rotatable bonds is 5. The third kappa shape index (κ3) is 4.42. The Bertz CT molecular complexity index is 586. The highest BCUT2D eigenvalue weighted by molar-refractivity contribution is 6.36. The Kier molecular flexibility index (Phi) is 5.60. The van der Waals surface area contributed by atoms with Gasteiger partial charge in [0.15, 0.2) is 0 Å². The summed E-state index contributed by atoms with van der Waals surface area (Å²) >= 11 is 12.4. The minimum Gasteiger partial charge on any atom is -0.207 e. The molecule has 0 aliphatic rings. The first-order valence-corrected chi connectivity index (χ1v) is 7.62. The van der Waals surface area contributed by atoms with Crippen LogP contribution in [0.4, 0.5) is 8.78 Å². The average molecular weight is 329 g/mol. The molecule has 0 amide bonds. The molecular weight excluding hydrogens is 313 g/mol. The Morgan fingerprint density at radius 2 is 1.57 bits per heavy atom. The van der Waals surface area contributed by atoms with Gasteiger partial charge in [0.2, 0.25) is 0 Å². The molecule has 2 aromatic carbocycles. The molecule has 0 bridgehead atoms. The molecule has 112 valence electrons. The van der Waals surface area contributed by atoms with Gasteiger partial charge in [0.25, 0.3) is 0 Å². The van der Waals surface area contributed by atoms with E-state index in [1.54, 1.807) is 0 Å². The summed E-state index contributed by atoms with van der Waals surface area (Å²) in [7, 11) is 0. The van der Waals surface area contributed by atoms with Crippen LogP contribution in [0, 0.1) is 11.6 Å². The molecule has 0 N–H and O–H groups in total. The maximum atomic E-state index is 13.1. The van der Waals surface area contributed by atoms with Gasteiger partial charge in [-0.25, -0.2) is 8.78 Å². The Hall–Kier alpha value is -1.12. The van der Waals surface area contributed by atoms with Crippen LogP contribution in [-0.2, 0) is 6.42 Å². The number of halogens is 4. The molecule has 0 aliphatic heterocycles. The van der Waals surface area contributed by atoms with E-state index in [2.05, 4.69) is 6.92 Å². The van der Waals surface area contributed by atoms with Gasteiger partial charge >= 0.3 is 0 Å². The molecule has 2 rings (SSSR count). The molecule has 0 nitrogen and oxygen atoms in total. The zero-order valence-corrected chi connectivity index (χ0v) is 13.2. The molecule has 4 heteroatoms. The largest absolute Gasteiger partial charge is 0.207 e. The van der Waals surface area contributed by atoms with E-state index in [0.29, 0.717) is 22.0 Å². The number of hydrogen-bond acceptors (Lipinski definition) is 0. The van der Waals surface area contributed by atoms with E-state index in [-0.39, 0.29) is 5.92 Å². The molecule has 0 aliphatic carbocycles. The summed E-state index contributed by atoms with van der Waals surface area (Å²) in [6, 6.07) is 9.08. The SMILES string of the molecule is CC(CCCc1cc(F)cc(F)c1)c1c(Cl)cccc1Cl. The highest BCUT2D eigenvalue weighted by atomic mass is 35.5. The predicted molar refractivity (Wildman–Crippen MR) is 84.2 cm³/mol. The van der Waals surface area contributed by atoms with E-state index in [0.717, 1.165) is 24.5 Å². The van der Waals surface area contributed by atoms with Crippen molar-refractivity contribution in [3.8, 4) is 0 Å². The van der Waals surface area contributed by atoms with E-state index < -0.39 is 11.6 Å². The highest BCUT2D eigenvalue weighted by Gasteiger charge is 2.13. The molecule has 21 heavy (non-hydrogen) atoms. The Balaban J connectivity index is 1.97. The van der Waals surface area contributed by atoms with Crippen molar-refractivity contribution in [2.75, 3.05) is 0 Å². The van der Waals surface area contributed by atoms with Gasteiger partial charge < -0.3 is 0 Å². The fourth-order valence-corrected chi connectivity index (χ4v) is 3.26. The van der Waals surface area contributed by atoms with Gasteiger partial charge in [-0.05, 0) is 60.6 Å². The molecule has 0 saturated heterocycles. The summed E-state index contributed by atoms with van der Waals surface area (Å²) in [6.45, 7) is 2.05. The van der Waals surface area contributed by atoms with Crippen LogP contribution < -0.4 is 0 Å². The van der Waals surface area contributed by atoms with Crippen LogP contribution in [0.5, 0.6) is 0 Å². The average Bonchev–Trinajstić information content (AvgIpc) is 2.37. The maximum Gasteiger partial charge on any atom is 0.126 e. The number of benzene rings is 2. The predicted octanol–water partition coefficient (Wildman–Crippen LogP) is 6.40. The first kappa shape index (κ1) is 16.3. The molecule has 1 atom stereocenters. The normalized spacial score (nSPS) is 12.4. The first-order valence-electron chi connectivity index (χ1n) is 6.86. The van der Waals surface area contributed by atoms with Crippen molar-refractivity contribution in [2.24, 2.45) is 0 Å². The van der Waals surface area contributed by atoms with E-state index in [4.69, 9.17) is 23.2 Å². The molecule has 2 aromatic rings. The van der Waals surface area contributed by atoms with Crippen LogP contribution in [0.3, 0.4) is 0 Å². The lowest BCUT2D eigenvalue weighted by Crippen LogP contribution is -1.98. The Morgan fingerprint density at radius 3 is 2.14 bits per heavy atom. The lowest BCUT2D eigenvalue weighted by Gasteiger charge is -2.15. The van der Waals surface area contributed by atoms with Crippen LogP contribution in [0.1, 0.15) is 36.8 Å². The lowest BCUT2D eigenvalue weighted by atomic mass is 9.94. The van der Waals surface area contributed by atoms with Gasteiger partial charge in [-0.2, -0.15) is 0 Å². The zero-order valence-electron chi connectivity index (χ0n) is 11.7. The molecular formula is C17H16Cl2F2. The molecule has 0 fully saturated rings. The van der Waals surface area contributed by atoms with Gasteiger partial charge in [0.05, 0.1) is 0 Å². The van der Waals surface area contributed by atoms with Crippen molar-refractivity contribution in [2.45, 2.75) is 32.1 Å². The molecule has 1 unspecified atom stereocenters. The van der Waals surface area contributed by atoms with E-state index in [1.807, 2.05) is 18.2 Å². The van der Waals surface area contributed by atoms with E-state index in [9.17, 15) is 8.78 Å².